The number of halogens is 1. The van der Waals surface area contributed by atoms with Crippen molar-refractivity contribution in [3.63, 3.8) is 0 Å². The van der Waals surface area contributed by atoms with Crippen molar-refractivity contribution in [2.75, 3.05) is 0 Å². The summed E-state index contributed by atoms with van der Waals surface area (Å²) in [6.45, 7) is 0. The fraction of sp³-hybridized carbons (Fsp3) is 0.00917. The second-order valence-corrected chi connectivity index (χ2v) is 26.7. The largest absolute Gasteiger partial charge is 0.308 e. The van der Waals surface area contributed by atoms with E-state index in [-0.39, 0.29) is 34.0 Å². The van der Waals surface area contributed by atoms with E-state index in [0.717, 1.165) is 46.5 Å². The van der Waals surface area contributed by atoms with Crippen LogP contribution in [-0.4, -0.2) is 64.4 Å². The van der Waals surface area contributed by atoms with E-state index in [1.807, 2.05) is 77.4 Å². The lowest BCUT2D eigenvalue weighted by Gasteiger charge is -2.16. The van der Waals surface area contributed by atoms with Gasteiger partial charge in [0, 0.05) is 72.0 Å². The van der Waals surface area contributed by atoms with Crippen LogP contribution in [0.3, 0.4) is 0 Å². The van der Waals surface area contributed by atoms with Gasteiger partial charge >= 0.3 is 0 Å². The molecule has 1 aliphatic rings. The van der Waals surface area contributed by atoms with Crippen molar-refractivity contribution in [2.45, 2.75) is 6.42 Å². The number of hydrogen-bond donors (Lipinski definition) is 0. The van der Waals surface area contributed by atoms with Gasteiger partial charge in [0.2, 0.25) is 0 Å². The number of hydrogen-bond acceptors (Lipinski definition) is 12. The van der Waals surface area contributed by atoms with Gasteiger partial charge in [0.15, 0.2) is 69.9 Å². The maximum atomic E-state index is 16.2. The molecule has 0 unspecified atom stereocenters. The molecule has 123 heavy (non-hydrogen) atoms. The molecule has 0 saturated carbocycles. The highest BCUT2D eigenvalue weighted by Gasteiger charge is 2.25. The number of rotatable bonds is 15. The normalized spacial score (nSPS) is 15.8. The first-order chi connectivity index (χ1) is 77.4. The average Bonchev–Trinajstić information content (AvgIpc) is 1.53. The van der Waals surface area contributed by atoms with Crippen molar-refractivity contribution in [2.24, 2.45) is 0 Å². The van der Waals surface area contributed by atoms with Gasteiger partial charge in [-0.05, 0) is 99.5 Å². The molecule has 0 radical (unpaired) electrons. The van der Waals surface area contributed by atoms with Crippen LogP contribution < -0.4 is 0 Å². The topological polar surface area (TPSA) is 160 Å². The molecular formula is C109H72FN13. The van der Waals surface area contributed by atoms with Crippen molar-refractivity contribution < 1.29 is 59.2 Å². The predicted molar refractivity (Wildman–Crippen MR) is 492 cm³/mol. The number of aromatic nitrogens is 13. The van der Waals surface area contributed by atoms with Gasteiger partial charge in [-0.2, -0.15) is 0 Å². The van der Waals surface area contributed by atoms with Crippen LogP contribution in [0.1, 0.15) is 66.0 Å². The SMILES string of the molecule is [2H]c1c([2H])c([2H])c(-c2nc(-c3ccc(-n4c5ccccc5c5ccc(-c6ccccc6)cc54)c(-c4nc(-c5c([2H])c([2H])c([2H])c([2H])c5[2H])nc(-c5c([2H])c([2H])c([2H])c([2H])c5[2H])n4)c3)nc(-c3c([2H])c([2H])c([2H])c([2H])c3[2H])n2)c([2H])c1[2H].[2H]c1c([2H])c([2H])c(-c2nc(-c3ccc(F)c(-c4nc(-c5c([2H])c([2H])c([2H])c([2H])c5[2H])nc(-c5c([2H])c([2H])c([2H])c([2H])c5[2H])n4)c3)nc(-c3c([2H])c([2H])c([2H])c([2H])c3[2H])n2)c([2H])c1[2H].c1ccc(-c2ccc3c(c2)Cc2ccccc2-3)cc1. The minimum absolute atomic E-state index is 0.000897. The number of benzene rings is 16. The van der Waals surface area contributed by atoms with Crippen LogP contribution in [0.25, 0.3) is 198 Å². The van der Waals surface area contributed by atoms with Crippen molar-refractivity contribution in [1.82, 2.24) is 64.4 Å². The van der Waals surface area contributed by atoms with Gasteiger partial charge in [-0.25, -0.2) is 64.2 Å². The van der Waals surface area contributed by atoms with E-state index in [1.165, 1.54) is 45.5 Å². The van der Waals surface area contributed by atoms with E-state index in [0.29, 0.717) is 11.0 Å². The average molecular weight is 1620 g/mol. The molecule has 21 aromatic rings. The van der Waals surface area contributed by atoms with E-state index < -0.39 is 356 Å². The molecule has 0 saturated heterocycles. The van der Waals surface area contributed by atoms with Crippen LogP contribution in [0, 0.1) is 5.82 Å². The molecule has 1 aliphatic carbocycles. The molecule has 13 nitrogen and oxygen atoms in total. The Morgan fingerprint density at radius 3 is 0.919 bits per heavy atom. The molecule has 5 heterocycles. The number of para-hydroxylation sites is 1. The molecular weight excluding hydrogens is 1510 g/mol. The fourth-order valence-corrected chi connectivity index (χ4v) is 13.7. The Labute approximate surface area is 766 Å². The molecule has 580 valence electrons. The minimum atomic E-state index is -1.10. The maximum absolute atomic E-state index is 16.2. The van der Waals surface area contributed by atoms with Gasteiger partial charge in [0.05, 0.1) is 77.1 Å². The zero-order valence-electron chi connectivity index (χ0n) is 103. The third kappa shape index (κ3) is 16.0. The lowest BCUT2D eigenvalue weighted by Crippen LogP contribution is -2.05. The molecule has 0 bridgehead atoms. The molecule has 0 aliphatic heterocycles. The standard InChI is InChI=1S/C54H35N7.C36H23FN6.C19H14/c1-6-18-36(19-7-1)41-30-32-44-43-28-16-17-29-46(43)61(48(44)35-41)47-33-31-42(53-57-49(37-20-8-2-9-21-37)55-50(58-53)38-22-10-3-11-23-38)34-45(47)54-59-51(39-24-12-4-13-25-39)56-52(60-54)40-26-14-5-15-27-40;37-30-22-21-28(35-40-31(24-13-5-1-6-14-24)38-32(41-35)25-15-7-2-8-16-25)23-29(30)36-42-33(26-17-9-3-10-18-26)39-34(43-36)27-19-11-4-12-20-27;1-2-6-14(7-3-1)15-10-11-19-17(12-15)13-16-8-4-5-9-18(16)19/h1-35H;1-23H;1-12H,13H2/i2D,3D,4D,5D,8D,9D,10D,11D,12D,13D,14D,15D,20D,21D,22D,23D,24D,25D,26D,27D;1D,2D,3D,4D,5D,6D,7D,8D,9D,10D,11D,12D,13D,14D,15D,16D,17D,18D,19D,20D;. The zero-order valence-corrected chi connectivity index (χ0v) is 63.2. The second kappa shape index (κ2) is 34.1. The summed E-state index contributed by atoms with van der Waals surface area (Å²) in [7, 11) is 0. The van der Waals surface area contributed by atoms with Crippen molar-refractivity contribution in [1.29, 1.82) is 0 Å². The first-order valence-corrected chi connectivity index (χ1v) is 37.4. The van der Waals surface area contributed by atoms with Gasteiger partial charge in [-0.3, -0.25) is 0 Å². The summed E-state index contributed by atoms with van der Waals surface area (Å²) in [5.41, 5.74) is 6.19. The Bertz CT molecular complexity index is 9450. The molecule has 0 amide bonds. The van der Waals surface area contributed by atoms with Crippen LogP contribution in [0.2, 0.25) is 0 Å². The smallest absolute Gasteiger partial charge is 0.167 e. The Hall–Kier alpha value is -16.7. The first kappa shape index (κ1) is 43.1. The predicted octanol–water partition coefficient (Wildman–Crippen LogP) is 25.9. The zero-order chi connectivity index (χ0) is 117. The monoisotopic (exact) mass is 1620 g/mol. The van der Waals surface area contributed by atoms with Gasteiger partial charge in [0.25, 0.3) is 0 Å². The Morgan fingerprint density at radius 2 is 0.504 bits per heavy atom. The minimum Gasteiger partial charge on any atom is -0.308 e. The Balaban J connectivity index is 0.000000169. The number of nitrogens with zero attached hydrogens (tertiary/aromatic N) is 13. The third-order valence-corrected chi connectivity index (χ3v) is 19.2. The van der Waals surface area contributed by atoms with Crippen LogP contribution in [0.5, 0.6) is 0 Å². The molecule has 0 fully saturated rings. The van der Waals surface area contributed by atoms with Crippen molar-refractivity contribution in [3.05, 3.63) is 441 Å². The van der Waals surface area contributed by atoms with Crippen LogP contribution >= 0.6 is 0 Å². The molecule has 5 aromatic heterocycles. The molecule has 14 heteroatoms. The van der Waals surface area contributed by atoms with E-state index in [9.17, 15) is 0 Å². The summed E-state index contributed by atoms with van der Waals surface area (Å²) in [4.78, 5) is 53.2. The van der Waals surface area contributed by atoms with Crippen LogP contribution in [-0.2, 0) is 6.42 Å². The van der Waals surface area contributed by atoms with E-state index in [1.54, 1.807) is 6.07 Å². The summed E-state index contributed by atoms with van der Waals surface area (Å²) < 4.78 is 358. The van der Waals surface area contributed by atoms with Gasteiger partial charge in [-0.15, -0.1) is 0 Å². The first-order valence-electron chi connectivity index (χ1n) is 57.4. The van der Waals surface area contributed by atoms with Crippen LogP contribution in [0.15, 0.2) is 424 Å². The fourth-order valence-electron chi connectivity index (χ4n) is 13.7. The molecule has 0 spiro atoms. The van der Waals surface area contributed by atoms with Gasteiger partial charge in [0.1, 0.15) is 5.82 Å². The molecule has 22 rings (SSSR count). The highest BCUT2D eigenvalue weighted by atomic mass is 19.1. The summed E-state index contributed by atoms with van der Waals surface area (Å²) >= 11 is 0. The van der Waals surface area contributed by atoms with E-state index in [2.05, 4.69) is 123 Å². The Kier molecular flexibility index (Phi) is 12.0. The lowest BCUT2D eigenvalue weighted by atomic mass is 9.99. The lowest BCUT2D eigenvalue weighted by molar-refractivity contribution is 0.630. The van der Waals surface area contributed by atoms with E-state index in [4.69, 9.17) is 64.8 Å². The van der Waals surface area contributed by atoms with Gasteiger partial charge < -0.3 is 4.57 Å². The Morgan fingerprint density at radius 1 is 0.203 bits per heavy atom. The summed E-state index contributed by atoms with van der Waals surface area (Å²) in [5, 5.41) is 1.56. The molecule has 0 atom stereocenters. The third-order valence-electron chi connectivity index (χ3n) is 19.2. The summed E-state index contributed by atoms with van der Waals surface area (Å²) in [6, 6.07) is 25.6. The van der Waals surface area contributed by atoms with E-state index >= 15 is 4.39 Å². The quantitative estimate of drug-likeness (QED) is 0.0957. The highest BCUT2D eigenvalue weighted by molar-refractivity contribution is 6.11. The summed E-state index contributed by atoms with van der Waals surface area (Å²) in [6.07, 6.45) is 1.06. The molecule has 16 aromatic carbocycles. The second-order valence-electron chi connectivity index (χ2n) is 26.7. The van der Waals surface area contributed by atoms with Crippen molar-refractivity contribution in [3.8, 4) is 176 Å². The highest BCUT2D eigenvalue weighted by Crippen LogP contribution is 2.43. The molecule has 0 N–H and O–H groups in total. The maximum Gasteiger partial charge on any atom is 0.167 e. The van der Waals surface area contributed by atoms with Gasteiger partial charge in [-0.1, -0.05) is 375 Å². The number of fused-ring (bicyclic) bond motifs is 6. The van der Waals surface area contributed by atoms with Crippen molar-refractivity contribution >= 4 is 21.8 Å². The van der Waals surface area contributed by atoms with Crippen LogP contribution in [0.4, 0.5) is 4.39 Å². The summed E-state index contributed by atoms with van der Waals surface area (Å²) in [5.74, 6) is -7.93.